The highest BCUT2D eigenvalue weighted by atomic mass is 16.4. The van der Waals surface area contributed by atoms with Crippen LogP contribution >= 0.6 is 0 Å². The van der Waals surface area contributed by atoms with Crippen LogP contribution in [0.5, 0.6) is 0 Å². The number of rotatable bonds is 3. The van der Waals surface area contributed by atoms with Crippen molar-refractivity contribution in [2.45, 2.75) is 38.5 Å². The average molecular weight is 258 g/mol. The van der Waals surface area contributed by atoms with Crippen molar-refractivity contribution in [1.82, 2.24) is 9.97 Å². The van der Waals surface area contributed by atoms with Crippen molar-refractivity contribution in [2.75, 3.05) is 0 Å². The molecular formula is C15H18N2O2. The molecule has 0 saturated heterocycles. The normalized spacial score (nSPS) is 16.8. The fourth-order valence-corrected chi connectivity index (χ4v) is 3.02. The molecule has 0 spiro atoms. The molecule has 100 valence electrons. The van der Waals surface area contributed by atoms with Crippen LogP contribution in [0, 0.1) is 5.92 Å². The van der Waals surface area contributed by atoms with Crippen molar-refractivity contribution in [3.05, 3.63) is 29.6 Å². The molecule has 2 aromatic rings. The number of benzene rings is 1. The third-order valence-electron chi connectivity index (χ3n) is 4.00. The van der Waals surface area contributed by atoms with Gasteiger partial charge in [-0.2, -0.15) is 0 Å². The fraction of sp³-hybridized carbons (Fsp3) is 0.467. The molecule has 0 atom stereocenters. The van der Waals surface area contributed by atoms with Gasteiger partial charge in [0.05, 0.1) is 11.1 Å². The Labute approximate surface area is 111 Å². The van der Waals surface area contributed by atoms with E-state index in [0.717, 1.165) is 17.8 Å². The predicted octanol–water partition coefficient (Wildman–Crippen LogP) is 3.38. The van der Waals surface area contributed by atoms with Crippen molar-refractivity contribution in [3.63, 3.8) is 0 Å². The zero-order valence-electron chi connectivity index (χ0n) is 10.9. The highest BCUT2D eigenvalue weighted by Gasteiger charge is 2.17. The Hall–Kier alpha value is -1.84. The second-order valence-electron chi connectivity index (χ2n) is 5.40. The molecule has 1 saturated carbocycles. The van der Waals surface area contributed by atoms with Gasteiger partial charge in [0, 0.05) is 6.42 Å². The van der Waals surface area contributed by atoms with Crippen LogP contribution in [-0.2, 0) is 6.42 Å². The molecule has 3 rings (SSSR count). The summed E-state index contributed by atoms with van der Waals surface area (Å²) in [6, 6.07) is 5.25. The molecule has 1 aliphatic carbocycles. The first-order chi connectivity index (χ1) is 9.24. The molecule has 1 aromatic carbocycles. The first-order valence-electron chi connectivity index (χ1n) is 6.95. The number of aromatic amines is 1. The number of H-pyrrole nitrogens is 1. The molecule has 0 unspecified atom stereocenters. The summed E-state index contributed by atoms with van der Waals surface area (Å²) in [5.41, 5.74) is 1.69. The zero-order chi connectivity index (χ0) is 13.2. The SMILES string of the molecule is O=C(O)c1cccc2[nH]c(CC3CCCCC3)nc12. The second-order valence-corrected chi connectivity index (χ2v) is 5.40. The molecule has 19 heavy (non-hydrogen) atoms. The van der Waals surface area contributed by atoms with Crippen LogP contribution in [0.1, 0.15) is 48.3 Å². The standard InChI is InChI=1S/C15H18N2O2/c18-15(19)11-7-4-8-12-14(11)17-13(16-12)9-10-5-2-1-3-6-10/h4,7-8,10H,1-3,5-6,9H2,(H,16,17)(H,18,19). The number of fused-ring (bicyclic) bond motifs is 1. The van der Waals surface area contributed by atoms with Crippen molar-refractivity contribution < 1.29 is 9.90 Å². The summed E-state index contributed by atoms with van der Waals surface area (Å²) in [4.78, 5) is 18.9. The summed E-state index contributed by atoms with van der Waals surface area (Å²) in [7, 11) is 0. The number of nitrogens with zero attached hydrogens (tertiary/aromatic N) is 1. The van der Waals surface area contributed by atoms with Gasteiger partial charge in [0.15, 0.2) is 0 Å². The first kappa shape index (κ1) is 12.2. The Morgan fingerprint density at radius 2 is 2.11 bits per heavy atom. The lowest BCUT2D eigenvalue weighted by molar-refractivity contribution is 0.0699. The minimum atomic E-state index is -0.915. The lowest BCUT2D eigenvalue weighted by atomic mass is 9.87. The molecule has 1 heterocycles. The average Bonchev–Trinajstić information content (AvgIpc) is 2.81. The molecule has 0 bridgehead atoms. The molecule has 0 aliphatic heterocycles. The molecule has 2 N–H and O–H groups in total. The van der Waals surface area contributed by atoms with Gasteiger partial charge in [-0.1, -0.05) is 38.2 Å². The van der Waals surface area contributed by atoms with Gasteiger partial charge in [0.1, 0.15) is 11.3 Å². The van der Waals surface area contributed by atoms with Gasteiger partial charge in [0.2, 0.25) is 0 Å². The molecule has 1 aliphatic rings. The van der Waals surface area contributed by atoms with Crippen molar-refractivity contribution in [3.8, 4) is 0 Å². The number of carboxylic acids is 1. The summed E-state index contributed by atoms with van der Waals surface area (Å²) in [5, 5.41) is 9.16. The Kier molecular flexibility index (Phi) is 3.23. The van der Waals surface area contributed by atoms with Crippen LogP contribution in [-0.4, -0.2) is 21.0 Å². The number of aromatic nitrogens is 2. The third kappa shape index (κ3) is 2.48. The van der Waals surface area contributed by atoms with Crippen LogP contribution in [0.2, 0.25) is 0 Å². The van der Waals surface area contributed by atoms with Crippen LogP contribution in [0.4, 0.5) is 0 Å². The summed E-state index contributed by atoms with van der Waals surface area (Å²) in [6.07, 6.45) is 7.44. The fourth-order valence-electron chi connectivity index (χ4n) is 3.02. The smallest absolute Gasteiger partial charge is 0.337 e. The number of carboxylic acid groups (broad SMARTS) is 1. The van der Waals surface area contributed by atoms with E-state index in [2.05, 4.69) is 9.97 Å². The molecular weight excluding hydrogens is 240 g/mol. The lowest BCUT2D eigenvalue weighted by Crippen LogP contribution is -2.10. The summed E-state index contributed by atoms with van der Waals surface area (Å²) < 4.78 is 0. The number of aromatic carboxylic acids is 1. The van der Waals surface area contributed by atoms with Gasteiger partial charge in [-0.25, -0.2) is 9.78 Å². The van der Waals surface area contributed by atoms with Gasteiger partial charge >= 0.3 is 5.97 Å². The van der Waals surface area contributed by atoms with Crippen molar-refractivity contribution in [1.29, 1.82) is 0 Å². The van der Waals surface area contributed by atoms with E-state index in [1.165, 1.54) is 32.1 Å². The minimum Gasteiger partial charge on any atom is -0.478 e. The molecule has 1 fully saturated rings. The van der Waals surface area contributed by atoms with E-state index < -0.39 is 5.97 Å². The van der Waals surface area contributed by atoms with Crippen LogP contribution in [0.3, 0.4) is 0 Å². The van der Waals surface area contributed by atoms with Crippen LogP contribution in [0.15, 0.2) is 18.2 Å². The van der Waals surface area contributed by atoms with E-state index in [9.17, 15) is 4.79 Å². The van der Waals surface area contributed by atoms with Crippen molar-refractivity contribution in [2.24, 2.45) is 5.92 Å². The minimum absolute atomic E-state index is 0.281. The largest absolute Gasteiger partial charge is 0.478 e. The zero-order valence-corrected chi connectivity index (χ0v) is 10.9. The molecule has 0 amide bonds. The Morgan fingerprint density at radius 3 is 2.84 bits per heavy atom. The first-order valence-corrected chi connectivity index (χ1v) is 6.95. The van der Waals surface area contributed by atoms with Crippen LogP contribution in [0.25, 0.3) is 11.0 Å². The number of carbonyl (C=O) groups is 1. The van der Waals surface area contributed by atoms with Crippen LogP contribution < -0.4 is 0 Å². The van der Waals surface area contributed by atoms with Gasteiger partial charge in [-0.3, -0.25) is 0 Å². The Bertz CT molecular complexity index is 597. The highest BCUT2D eigenvalue weighted by molar-refractivity contribution is 6.00. The number of para-hydroxylation sites is 1. The third-order valence-corrected chi connectivity index (χ3v) is 4.00. The van der Waals surface area contributed by atoms with E-state index in [-0.39, 0.29) is 5.56 Å². The van der Waals surface area contributed by atoms with E-state index in [4.69, 9.17) is 5.11 Å². The predicted molar refractivity (Wildman–Crippen MR) is 73.3 cm³/mol. The summed E-state index contributed by atoms with van der Waals surface area (Å²) >= 11 is 0. The van der Waals surface area contributed by atoms with E-state index in [1.54, 1.807) is 12.1 Å². The quantitative estimate of drug-likeness (QED) is 0.886. The second kappa shape index (κ2) is 5.03. The molecule has 4 nitrogen and oxygen atoms in total. The number of nitrogens with one attached hydrogen (secondary N) is 1. The van der Waals surface area contributed by atoms with Gasteiger partial charge in [-0.05, 0) is 18.1 Å². The lowest BCUT2D eigenvalue weighted by Gasteiger charge is -2.20. The van der Waals surface area contributed by atoms with E-state index >= 15 is 0 Å². The summed E-state index contributed by atoms with van der Waals surface area (Å²) in [6.45, 7) is 0. The Morgan fingerprint density at radius 1 is 1.32 bits per heavy atom. The topological polar surface area (TPSA) is 66.0 Å². The molecule has 1 aromatic heterocycles. The molecule has 0 radical (unpaired) electrons. The van der Waals surface area contributed by atoms with Gasteiger partial charge in [-0.15, -0.1) is 0 Å². The van der Waals surface area contributed by atoms with E-state index in [1.807, 2.05) is 6.07 Å². The maximum absolute atomic E-state index is 11.2. The van der Waals surface area contributed by atoms with Gasteiger partial charge < -0.3 is 10.1 Å². The summed E-state index contributed by atoms with van der Waals surface area (Å²) in [5.74, 6) is 0.708. The maximum atomic E-state index is 11.2. The maximum Gasteiger partial charge on any atom is 0.337 e. The highest BCUT2D eigenvalue weighted by Crippen LogP contribution is 2.27. The monoisotopic (exact) mass is 258 g/mol. The Balaban J connectivity index is 1.88. The van der Waals surface area contributed by atoms with E-state index in [0.29, 0.717) is 11.4 Å². The number of hydrogen-bond acceptors (Lipinski definition) is 2. The van der Waals surface area contributed by atoms with Gasteiger partial charge in [0.25, 0.3) is 0 Å². The number of imidazole rings is 1. The number of hydrogen-bond donors (Lipinski definition) is 2. The van der Waals surface area contributed by atoms with Crippen molar-refractivity contribution >= 4 is 17.0 Å². The molecule has 4 heteroatoms.